The van der Waals surface area contributed by atoms with Crippen LogP contribution in [0.25, 0.3) is 5.69 Å². The first-order chi connectivity index (χ1) is 13.6. The van der Waals surface area contributed by atoms with Crippen molar-refractivity contribution in [1.29, 1.82) is 0 Å². The van der Waals surface area contributed by atoms with Gasteiger partial charge in [0, 0.05) is 25.4 Å². The Morgan fingerprint density at radius 2 is 1.89 bits per heavy atom. The van der Waals surface area contributed by atoms with Crippen molar-refractivity contribution in [2.75, 3.05) is 13.6 Å². The number of nitrogens with one attached hydrogen (secondary N) is 2. The van der Waals surface area contributed by atoms with Gasteiger partial charge in [0.1, 0.15) is 17.7 Å². The van der Waals surface area contributed by atoms with Crippen molar-refractivity contribution in [1.82, 2.24) is 20.4 Å². The average Bonchev–Trinajstić information content (AvgIpc) is 3.20. The summed E-state index contributed by atoms with van der Waals surface area (Å²) in [7, 11) is 1.72. The van der Waals surface area contributed by atoms with Gasteiger partial charge in [-0.3, -0.25) is 4.99 Å². The summed E-state index contributed by atoms with van der Waals surface area (Å²) in [6, 6.07) is 15.9. The van der Waals surface area contributed by atoms with Crippen LogP contribution in [0, 0.1) is 5.82 Å². The van der Waals surface area contributed by atoms with Crippen LogP contribution in [0.4, 0.5) is 4.39 Å². The molecule has 3 aromatic rings. The van der Waals surface area contributed by atoms with E-state index in [1.165, 1.54) is 12.1 Å². The molecule has 1 aromatic heterocycles. The van der Waals surface area contributed by atoms with E-state index in [0.717, 1.165) is 11.3 Å². The summed E-state index contributed by atoms with van der Waals surface area (Å²) in [5, 5.41) is 10.9. The van der Waals surface area contributed by atoms with Gasteiger partial charge in [0.05, 0.1) is 18.4 Å². The number of hydrogen-bond donors (Lipinski definition) is 2. The molecule has 2 aromatic carbocycles. The normalized spacial score (nSPS) is 12.5. The van der Waals surface area contributed by atoms with E-state index in [9.17, 15) is 4.39 Å². The number of benzene rings is 2. The van der Waals surface area contributed by atoms with Gasteiger partial charge in [-0.1, -0.05) is 18.2 Å². The van der Waals surface area contributed by atoms with Crippen molar-refractivity contribution < 1.29 is 9.13 Å². The van der Waals surface area contributed by atoms with Crippen LogP contribution < -0.4 is 15.4 Å². The van der Waals surface area contributed by atoms with E-state index >= 15 is 0 Å². The molecule has 7 heteroatoms. The van der Waals surface area contributed by atoms with Gasteiger partial charge in [-0.2, -0.15) is 5.10 Å². The largest absolute Gasteiger partial charge is 0.489 e. The molecule has 6 nitrogen and oxygen atoms in total. The molecule has 0 spiro atoms. The smallest absolute Gasteiger partial charge is 0.191 e. The highest BCUT2D eigenvalue weighted by Gasteiger charge is 2.07. The number of nitrogens with zero attached hydrogens (tertiary/aromatic N) is 3. The molecule has 2 N–H and O–H groups in total. The molecule has 0 saturated carbocycles. The number of halogens is 1. The molecular formula is C21H24FN5O. The first-order valence-corrected chi connectivity index (χ1v) is 9.10. The predicted molar refractivity (Wildman–Crippen MR) is 108 cm³/mol. The van der Waals surface area contributed by atoms with Gasteiger partial charge in [0.25, 0.3) is 0 Å². The molecule has 1 unspecified atom stereocenters. The third-order valence-electron chi connectivity index (χ3n) is 4.05. The summed E-state index contributed by atoms with van der Waals surface area (Å²) in [5.74, 6) is 1.02. The Hall–Kier alpha value is -3.35. The molecule has 28 heavy (non-hydrogen) atoms. The number of hydrogen-bond acceptors (Lipinski definition) is 3. The number of aliphatic imine (C=N–C) groups is 1. The van der Waals surface area contributed by atoms with Gasteiger partial charge >= 0.3 is 0 Å². The van der Waals surface area contributed by atoms with Crippen molar-refractivity contribution in [2.45, 2.75) is 19.6 Å². The number of para-hydroxylation sites is 1. The van der Waals surface area contributed by atoms with Crippen LogP contribution in [0.5, 0.6) is 5.75 Å². The monoisotopic (exact) mass is 381 g/mol. The third-order valence-corrected chi connectivity index (χ3v) is 4.05. The second kappa shape index (κ2) is 9.55. The fraction of sp³-hybridized carbons (Fsp3) is 0.238. The quantitative estimate of drug-likeness (QED) is 0.488. The Morgan fingerprint density at radius 3 is 2.61 bits per heavy atom. The van der Waals surface area contributed by atoms with Crippen molar-refractivity contribution in [2.24, 2.45) is 4.99 Å². The minimum atomic E-state index is -0.279. The maximum absolute atomic E-state index is 12.9. The molecule has 0 bridgehead atoms. The van der Waals surface area contributed by atoms with E-state index in [0.29, 0.717) is 24.8 Å². The number of ether oxygens (including phenoxy) is 1. The zero-order valence-corrected chi connectivity index (χ0v) is 16.0. The van der Waals surface area contributed by atoms with Crippen LogP contribution in [-0.2, 0) is 6.54 Å². The second-order valence-corrected chi connectivity index (χ2v) is 6.32. The van der Waals surface area contributed by atoms with E-state index in [4.69, 9.17) is 4.74 Å². The van der Waals surface area contributed by atoms with Crippen molar-refractivity contribution in [3.63, 3.8) is 0 Å². The summed E-state index contributed by atoms with van der Waals surface area (Å²) in [4.78, 5) is 4.22. The first kappa shape index (κ1) is 19.4. The standard InChI is InChI=1S/C21H24FN5O/c1-16(28-20-10-8-18(22)9-11-20)12-24-21(23-2)25-13-17-14-26-27(15-17)19-6-4-3-5-7-19/h3-11,14-16H,12-13H2,1-2H3,(H2,23,24,25). The molecule has 3 rings (SSSR count). The van der Waals surface area contributed by atoms with E-state index in [1.54, 1.807) is 19.2 Å². The molecule has 0 amide bonds. The van der Waals surface area contributed by atoms with Gasteiger partial charge in [0.15, 0.2) is 5.96 Å². The molecular weight excluding hydrogens is 357 g/mol. The predicted octanol–water partition coefficient (Wildman–Crippen LogP) is 3.14. The van der Waals surface area contributed by atoms with E-state index in [1.807, 2.05) is 54.3 Å². The molecule has 0 fully saturated rings. The third kappa shape index (κ3) is 5.57. The number of aromatic nitrogens is 2. The Balaban J connectivity index is 1.46. The Kier molecular flexibility index (Phi) is 6.62. The van der Waals surface area contributed by atoms with Gasteiger partial charge in [0.2, 0.25) is 0 Å². The second-order valence-electron chi connectivity index (χ2n) is 6.32. The molecule has 0 aliphatic carbocycles. The van der Waals surface area contributed by atoms with Crippen LogP contribution in [0.2, 0.25) is 0 Å². The van der Waals surface area contributed by atoms with E-state index in [-0.39, 0.29) is 11.9 Å². The lowest BCUT2D eigenvalue weighted by molar-refractivity contribution is 0.223. The van der Waals surface area contributed by atoms with Crippen molar-refractivity contribution in [3.05, 3.63) is 78.4 Å². The van der Waals surface area contributed by atoms with Gasteiger partial charge in [-0.15, -0.1) is 0 Å². The summed E-state index contributed by atoms with van der Waals surface area (Å²) >= 11 is 0. The average molecular weight is 381 g/mol. The lowest BCUT2D eigenvalue weighted by Crippen LogP contribution is -2.41. The van der Waals surface area contributed by atoms with Crippen molar-refractivity contribution in [3.8, 4) is 11.4 Å². The maximum atomic E-state index is 12.9. The topological polar surface area (TPSA) is 63.5 Å². The molecule has 0 saturated heterocycles. The van der Waals surface area contributed by atoms with Gasteiger partial charge in [-0.05, 0) is 43.3 Å². The first-order valence-electron chi connectivity index (χ1n) is 9.10. The lowest BCUT2D eigenvalue weighted by Gasteiger charge is -2.17. The SMILES string of the molecule is CN=C(NCc1cnn(-c2ccccc2)c1)NCC(C)Oc1ccc(F)cc1. The highest BCUT2D eigenvalue weighted by Crippen LogP contribution is 2.12. The van der Waals surface area contributed by atoms with Gasteiger partial charge in [-0.25, -0.2) is 9.07 Å². The fourth-order valence-electron chi connectivity index (χ4n) is 2.61. The number of guanidine groups is 1. The summed E-state index contributed by atoms with van der Waals surface area (Å²) in [6.45, 7) is 3.09. The highest BCUT2D eigenvalue weighted by atomic mass is 19.1. The minimum Gasteiger partial charge on any atom is -0.489 e. The molecule has 0 aliphatic rings. The van der Waals surface area contributed by atoms with Crippen LogP contribution in [0.1, 0.15) is 12.5 Å². The summed E-state index contributed by atoms with van der Waals surface area (Å²) in [5.41, 5.74) is 2.06. The van der Waals surface area contributed by atoms with Crippen molar-refractivity contribution >= 4 is 5.96 Å². The minimum absolute atomic E-state index is 0.107. The van der Waals surface area contributed by atoms with Crippen LogP contribution >= 0.6 is 0 Å². The molecule has 0 radical (unpaired) electrons. The Labute approximate surface area is 164 Å². The summed E-state index contributed by atoms with van der Waals surface area (Å²) in [6.07, 6.45) is 3.70. The Bertz CT molecular complexity index is 893. The van der Waals surface area contributed by atoms with E-state index < -0.39 is 0 Å². The highest BCUT2D eigenvalue weighted by molar-refractivity contribution is 5.79. The molecule has 1 atom stereocenters. The zero-order chi connectivity index (χ0) is 19.8. The Morgan fingerprint density at radius 1 is 1.14 bits per heavy atom. The molecule has 0 aliphatic heterocycles. The number of rotatable bonds is 7. The zero-order valence-electron chi connectivity index (χ0n) is 16.0. The lowest BCUT2D eigenvalue weighted by atomic mass is 10.3. The van der Waals surface area contributed by atoms with E-state index in [2.05, 4.69) is 20.7 Å². The van der Waals surface area contributed by atoms with Crippen LogP contribution in [0.3, 0.4) is 0 Å². The molecule has 146 valence electrons. The van der Waals surface area contributed by atoms with Crippen LogP contribution in [0.15, 0.2) is 72.0 Å². The maximum Gasteiger partial charge on any atom is 0.191 e. The van der Waals surface area contributed by atoms with Crippen LogP contribution in [-0.4, -0.2) is 35.4 Å². The fourth-order valence-corrected chi connectivity index (χ4v) is 2.61. The summed E-state index contributed by atoms with van der Waals surface area (Å²) < 4.78 is 20.5. The molecule has 1 heterocycles. The van der Waals surface area contributed by atoms with Gasteiger partial charge < -0.3 is 15.4 Å².